The van der Waals surface area contributed by atoms with Crippen molar-refractivity contribution in [2.24, 2.45) is 17.9 Å². The first kappa shape index (κ1) is 15.6. The third kappa shape index (κ3) is 2.93. The van der Waals surface area contributed by atoms with Crippen molar-refractivity contribution in [2.45, 2.75) is 59.3 Å². The van der Waals surface area contributed by atoms with Crippen LogP contribution in [0.4, 0.5) is 0 Å². The fourth-order valence-electron chi connectivity index (χ4n) is 3.07. The molecule has 1 fully saturated rings. The van der Waals surface area contributed by atoms with Gasteiger partial charge in [0.1, 0.15) is 0 Å². The summed E-state index contributed by atoms with van der Waals surface area (Å²) in [5.41, 5.74) is 2.44. The summed E-state index contributed by atoms with van der Waals surface area (Å²) in [6.45, 7) is 6.73. The quantitative estimate of drug-likeness (QED) is 0.820. The lowest BCUT2D eigenvalue weighted by molar-refractivity contribution is 0.144. The Hall–Kier alpha value is -0.820. The number of hydrogen-bond donors (Lipinski definition) is 0. The monoisotopic (exact) mass is 337 g/mol. The molecule has 0 aromatic carbocycles. The van der Waals surface area contributed by atoms with Gasteiger partial charge < -0.3 is 0 Å². The molecule has 0 amide bonds. The molecule has 20 heavy (non-hydrogen) atoms. The molecule has 0 bridgehead atoms. The number of nitrogens with zero attached hydrogens (tertiary/aromatic N) is 3. The molecule has 1 aliphatic rings. The molecular formula is C16H24BrN3. The van der Waals surface area contributed by atoms with Crippen molar-refractivity contribution in [3.8, 4) is 6.07 Å². The van der Waals surface area contributed by atoms with Crippen LogP contribution in [0.1, 0.15) is 57.8 Å². The number of rotatable bonds is 3. The van der Waals surface area contributed by atoms with Crippen LogP contribution in [0, 0.1) is 22.2 Å². The van der Waals surface area contributed by atoms with E-state index in [-0.39, 0.29) is 5.41 Å². The van der Waals surface area contributed by atoms with Crippen molar-refractivity contribution in [2.75, 3.05) is 0 Å². The van der Waals surface area contributed by atoms with Gasteiger partial charge in [-0.2, -0.15) is 10.4 Å². The highest BCUT2D eigenvalue weighted by Gasteiger charge is 2.39. The maximum atomic E-state index is 9.72. The molecule has 1 heterocycles. The van der Waals surface area contributed by atoms with E-state index < -0.39 is 0 Å². The van der Waals surface area contributed by atoms with E-state index in [1.54, 1.807) is 0 Å². The van der Waals surface area contributed by atoms with E-state index in [0.29, 0.717) is 5.41 Å². The van der Waals surface area contributed by atoms with E-state index in [0.717, 1.165) is 48.7 Å². The van der Waals surface area contributed by atoms with E-state index in [4.69, 9.17) is 0 Å². The summed E-state index contributed by atoms with van der Waals surface area (Å²) in [5.74, 6) is 0. The van der Waals surface area contributed by atoms with Gasteiger partial charge in [0.15, 0.2) is 0 Å². The number of hydrogen-bond acceptors (Lipinski definition) is 2. The molecular weight excluding hydrogens is 314 g/mol. The van der Waals surface area contributed by atoms with Crippen LogP contribution in [-0.2, 0) is 19.9 Å². The summed E-state index contributed by atoms with van der Waals surface area (Å²) >= 11 is 3.67. The lowest BCUT2D eigenvalue weighted by Gasteiger charge is -2.39. The van der Waals surface area contributed by atoms with Gasteiger partial charge in [-0.25, -0.2) is 0 Å². The molecule has 0 radical (unpaired) electrons. The average Bonchev–Trinajstić information content (AvgIpc) is 2.68. The van der Waals surface area contributed by atoms with Crippen molar-refractivity contribution in [3.63, 3.8) is 0 Å². The molecule has 110 valence electrons. The van der Waals surface area contributed by atoms with E-state index in [9.17, 15) is 5.26 Å². The van der Waals surface area contributed by atoms with Gasteiger partial charge in [0.2, 0.25) is 0 Å². The second-order valence-electron chi connectivity index (χ2n) is 6.92. The third-order valence-electron chi connectivity index (χ3n) is 4.81. The molecule has 0 spiro atoms. The lowest BCUT2D eigenvalue weighted by Crippen LogP contribution is -2.32. The van der Waals surface area contributed by atoms with Crippen molar-refractivity contribution in [1.29, 1.82) is 5.26 Å². The summed E-state index contributed by atoms with van der Waals surface area (Å²) in [5, 5.41) is 14.3. The zero-order valence-corrected chi connectivity index (χ0v) is 14.5. The maximum Gasteiger partial charge on any atom is 0.0766 e. The molecule has 0 aliphatic heterocycles. The standard InChI is InChI=1S/C16H24BrN3/c1-5-12-14(17)13(20(4)19-12)10-16(11-18)8-6-15(2,3)7-9-16/h5-10H2,1-4H3. The molecule has 2 rings (SSSR count). The van der Waals surface area contributed by atoms with Crippen molar-refractivity contribution < 1.29 is 0 Å². The van der Waals surface area contributed by atoms with E-state index in [1.165, 1.54) is 5.69 Å². The van der Waals surface area contributed by atoms with Crippen LogP contribution in [0.2, 0.25) is 0 Å². The van der Waals surface area contributed by atoms with Gasteiger partial charge >= 0.3 is 0 Å². The normalized spacial score (nSPS) is 20.6. The predicted molar refractivity (Wildman–Crippen MR) is 84.3 cm³/mol. The highest BCUT2D eigenvalue weighted by atomic mass is 79.9. The predicted octanol–water partition coefficient (Wildman–Crippen LogP) is 4.40. The minimum absolute atomic E-state index is 0.211. The highest BCUT2D eigenvalue weighted by molar-refractivity contribution is 9.10. The largest absolute Gasteiger partial charge is 0.271 e. The molecule has 0 atom stereocenters. The highest BCUT2D eigenvalue weighted by Crippen LogP contribution is 2.47. The molecule has 1 aromatic heterocycles. The second-order valence-corrected chi connectivity index (χ2v) is 7.71. The Balaban J connectivity index is 2.24. The van der Waals surface area contributed by atoms with Gasteiger partial charge in [-0.1, -0.05) is 20.8 Å². The van der Waals surface area contributed by atoms with Gasteiger partial charge in [-0.05, 0) is 53.4 Å². The van der Waals surface area contributed by atoms with Gasteiger partial charge in [-0.15, -0.1) is 0 Å². The van der Waals surface area contributed by atoms with E-state index >= 15 is 0 Å². The first-order chi connectivity index (χ1) is 9.32. The molecule has 0 N–H and O–H groups in total. The Morgan fingerprint density at radius 2 is 1.90 bits per heavy atom. The minimum Gasteiger partial charge on any atom is -0.271 e. The van der Waals surface area contributed by atoms with Crippen LogP contribution in [0.25, 0.3) is 0 Å². The zero-order chi connectivity index (χ0) is 15.0. The first-order valence-electron chi connectivity index (χ1n) is 7.44. The summed E-state index contributed by atoms with van der Waals surface area (Å²) in [4.78, 5) is 0. The van der Waals surface area contributed by atoms with Crippen molar-refractivity contribution in [1.82, 2.24) is 9.78 Å². The molecule has 0 unspecified atom stereocenters. The second kappa shape index (κ2) is 5.52. The van der Waals surface area contributed by atoms with Crippen LogP contribution in [0.3, 0.4) is 0 Å². The minimum atomic E-state index is -0.211. The Bertz CT molecular complexity index is 527. The Labute approximate surface area is 130 Å². The smallest absolute Gasteiger partial charge is 0.0766 e. The van der Waals surface area contributed by atoms with Crippen molar-refractivity contribution in [3.05, 3.63) is 15.9 Å². The molecule has 1 aromatic rings. The Kier molecular flexibility index (Phi) is 4.30. The van der Waals surface area contributed by atoms with Gasteiger partial charge in [0.25, 0.3) is 0 Å². The fraction of sp³-hybridized carbons (Fsp3) is 0.750. The van der Waals surface area contributed by atoms with E-state index in [1.807, 2.05) is 11.7 Å². The summed E-state index contributed by atoms with van der Waals surface area (Å²) in [6, 6.07) is 2.62. The van der Waals surface area contributed by atoms with Crippen molar-refractivity contribution >= 4 is 15.9 Å². The van der Waals surface area contributed by atoms with Crippen LogP contribution in [0.15, 0.2) is 4.47 Å². The zero-order valence-electron chi connectivity index (χ0n) is 13.0. The van der Waals surface area contributed by atoms with Gasteiger partial charge in [0, 0.05) is 13.5 Å². The first-order valence-corrected chi connectivity index (χ1v) is 8.23. The summed E-state index contributed by atoms with van der Waals surface area (Å²) in [7, 11) is 1.98. The van der Waals surface area contributed by atoms with Crippen LogP contribution in [0.5, 0.6) is 0 Å². The topological polar surface area (TPSA) is 41.6 Å². The third-order valence-corrected chi connectivity index (χ3v) is 5.72. The molecule has 0 saturated heterocycles. The molecule has 1 saturated carbocycles. The number of halogens is 1. The Morgan fingerprint density at radius 1 is 1.30 bits per heavy atom. The average molecular weight is 338 g/mol. The SMILES string of the molecule is CCc1nn(C)c(CC2(C#N)CCC(C)(C)CC2)c1Br. The fourth-order valence-corrected chi connectivity index (χ4v) is 3.82. The van der Waals surface area contributed by atoms with Gasteiger partial charge in [-0.3, -0.25) is 4.68 Å². The lowest BCUT2D eigenvalue weighted by atomic mass is 9.64. The number of aryl methyl sites for hydroxylation is 2. The molecule has 4 heteroatoms. The number of aromatic nitrogens is 2. The van der Waals surface area contributed by atoms with Gasteiger partial charge in [0.05, 0.1) is 27.3 Å². The van der Waals surface area contributed by atoms with E-state index in [2.05, 4.69) is 47.9 Å². The van der Waals surface area contributed by atoms with Crippen LogP contribution < -0.4 is 0 Å². The molecule has 3 nitrogen and oxygen atoms in total. The Morgan fingerprint density at radius 3 is 2.35 bits per heavy atom. The summed E-state index contributed by atoms with van der Waals surface area (Å²) in [6.07, 6.45) is 5.99. The maximum absolute atomic E-state index is 9.72. The van der Waals surface area contributed by atoms with Crippen LogP contribution in [-0.4, -0.2) is 9.78 Å². The van der Waals surface area contributed by atoms with Crippen LogP contribution >= 0.6 is 15.9 Å². The molecule has 1 aliphatic carbocycles. The summed E-state index contributed by atoms with van der Waals surface area (Å²) < 4.78 is 3.05. The number of nitriles is 1.